The molecule has 0 radical (unpaired) electrons. The van der Waals surface area contributed by atoms with E-state index >= 15 is 0 Å². The SMILES string of the molecule is Cc1noc(C)c1CC(=O)NC(C)Cn1ccnc1. The van der Waals surface area contributed by atoms with E-state index < -0.39 is 0 Å². The van der Waals surface area contributed by atoms with Gasteiger partial charge in [0, 0.05) is 30.5 Å². The maximum atomic E-state index is 11.9. The van der Waals surface area contributed by atoms with E-state index in [1.54, 1.807) is 12.5 Å². The molecule has 6 heteroatoms. The predicted octanol–water partition coefficient (Wildman–Crippen LogP) is 1.24. The van der Waals surface area contributed by atoms with E-state index in [0.717, 1.165) is 11.3 Å². The number of hydrogen-bond acceptors (Lipinski definition) is 4. The molecule has 1 N–H and O–H groups in total. The van der Waals surface area contributed by atoms with Crippen LogP contribution >= 0.6 is 0 Å². The maximum absolute atomic E-state index is 11.9. The first-order chi connectivity index (χ1) is 9.06. The van der Waals surface area contributed by atoms with Crippen LogP contribution in [0, 0.1) is 13.8 Å². The Labute approximate surface area is 111 Å². The number of aryl methyl sites for hydroxylation is 2. The molecule has 2 aromatic rings. The van der Waals surface area contributed by atoms with Crippen molar-refractivity contribution in [3.05, 3.63) is 35.7 Å². The number of aromatic nitrogens is 3. The van der Waals surface area contributed by atoms with Crippen LogP contribution in [0.25, 0.3) is 0 Å². The lowest BCUT2D eigenvalue weighted by Crippen LogP contribution is -2.36. The molecule has 2 heterocycles. The summed E-state index contributed by atoms with van der Waals surface area (Å²) in [5, 5.41) is 6.80. The fourth-order valence-corrected chi connectivity index (χ4v) is 2.00. The predicted molar refractivity (Wildman–Crippen MR) is 69.5 cm³/mol. The number of rotatable bonds is 5. The highest BCUT2D eigenvalue weighted by Gasteiger charge is 2.15. The van der Waals surface area contributed by atoms with Crippen molar-refractivity contribution in [2.45, 2.75) is 39.8 Å². The Balaban J connectivity index is 1.87. The van der Waals surface area contributed by atoms with Crippen molar-refractivity contribution < 1.29 is 9.32 Å². The average Bonchev–Trinajstić information content (AvgIpc) is 2.94. The highest BCUT2D eigenvalue weighted by molar-refractivity contribution is 5.79. The van der Waals surface area contributed by atoms with Gasteiger partial charge in [0.05, 0.1) is 18.4 Å². The van der Waals surface area contributed by atoms with Crippen LogP contribution in [0.3, 0.4) is 0 Å². The van der Waals surface area contributed by atoms with Crippen molar-refractivity contribution in [2.24, 2.45) is 0 Å². The lowest BCUT2D eigenvalue weighted by atomic mass is 10.1. The minimum atomic E-state index is -0.0259. The van der Waals surface area contributed by atoms with Gasteiger partial charge < -0.3 is 14.4 Å². The van der Waals surface area contributed by atoms with E-state index in [0.29, 0.717) is 18.7 Å². The van der Waals surface area contributed by atoms with Crippen LogP contribution < -0.4 is 5.32 Å². The molecular weight excluding hydrogens is 244 g/mol. The van der Waals surface area contributed by atoms with E-state index in [-0.39, 0.29) is 11.9 Å². The molecule has 2 aromatic heterocycles. The van der Waals surface area contributed by atoms with Crippen molar-refractivity contribution in [1.82, 2.24) is 20.0 Å². The van der Waals surface area contributed by atoms with Gasteiger partial charge in [-0.2, -0.15) is 0 Å². The molecule has 0 bridgehead atoms. The minimum Gasteiger partial charge on any atom is -0.361 e. The molecule has 0 aromatic carbocycles. The van der Waals surface area contributed by atoms with Crippen molar-refractivity contribution in [1.29, 1.82) is 0 Å². The van der Waals surface area contributed by atoms with Gasteiger partial charge in [-0.25, -0.2) is 4.98 Å². The summed E-state index contributed by atoms with van der Waals surface area (Å²) in [7, 11) is 0. The molecule has 102 valence electrons. The van der Waals surface area contributed by atoms with E-state index in [4.69, 9.17) is 4.52 Å². The zero-order valence-electron chi connectivity index (χ0n) is 11.4. The van der Waals surface area contributed by atoms with Crippen molar-refractivity contribution >= 4 is 5.91 Å². The number of amides is 1. The van der Waals surface area contributed by atoms with Gasteiger partial charge in [0.25, 0.3) is 0 Å². The van der Waals surface area contributed by atoms with Crippen LogP contribution in [0.5, 0.6) is 0 Å². The largest absolute Gasteiger partial charge is 0.361 e. The number of hydrogen-bond donors (Lipinski definition) is 1. The Hall–Kier alpha value is -2.11. The number of carbonyl (C=O) groups is 1. The molecule has 1 amide bonds. The molecule has 0 aliphatic rings. The van der Waals surface area contributed by atoms with Gasteiger partial charge in [-0.05, 0) is 20.8 Å². The normalized spacial score (nSPS) is 12.4. The third-order valence-electron chi connectivity index (χ3n) is 2.97. The van der Waals surface area contributed by atoms with Crippen molar-refractivity contribution in [2.75, 3.05) is 0 Å². The van der Waals surface area contributed by atoms with Gasteiger partial charge in [0.2, 0.25) is 5.91 Å². The molecular formula is C13H18N4O2. The Bertz CT molecular complexity index is 525. The zero-order chi connectivity index (χ0) is 13.8. The molecule has 0 saturated heterocycles. The van der Waals surface area contributed by atoms with E-state index in [2.05, 4.69) is 15.5 Å². The van der Waals surface area contributed by atoms with Gasteiger partial charge in [-0.3, -0.25) is 4.79 Å². The summed E-state index contributed by atoms with van der Waals surface area (Å²) in [6.45, 7) is 6.32. The van der Waals surface area contributed by atoms with Crippen LogP contribution in [0.4, 0.5) is 0 Å². The molecule has 0 fully saturated rings. The van der Waals surface area contributed by atoms with Gasteiger partial charge >= 0.3 is 0 Å². The van der Waals surface area contributed by atoms with Crippen LogP contribution in [0.1, 0.15) is 23.9 Å². The number of nitrogens with zero attached hydrogens (tertiary/aromatic N) is 3. The quantitative estimate of drug-likeness (QED) is 0.879. The van der Waals surface area contributed by atoms with Gasteiger partial charge in [-0.1, -0.05) is 5.16 Å². The Morgan fingerprint density at radius 3 is 2.89 bits per heavy atom. The molecule has 19 heavy (non-hydrogen) atoms. The highest BCUT2D eigenvalue weighted by Crippen LogP contribution is 2.12. The van der Waals surface area contributed by atoms with Gasteiger partial charge in [0.15, 0.2) is 0 Å². The van der Waals surface area contributed by atoms with Crippen LogP contribution in [-0.2, 0) is 17.8 Å². The Morgan fingerprint density at radius 1 is 1.53 bits per heavy atom. The molecule has 1 unspecified atom stereocenters. The second-order valence-corrected chi connectivity index (χ2v) is 4.71. The maximum Gasteiger partial charge on any atom is 0.224 e. The highest BCUT2D eigenvalue weighted by atomic mass is 16.5. The third kappa shape index (κ3) is 3.43. The van der Waals surface area contributed by atoms with Crippen LogP contribution in [0.15, 0.2) is 23.2 Å². The lowest BCUT2D eigenvalue weighted by Gasteiger charge is -2.14. The first-order valence-electron chi connectivity index (χ1n) is 6.23. The fraction of sp³-hybridized carbons (Fsp3) is 0.462. The third-order valence-corrected chi connectivity index (χ3v) is 2.97. The van der Waals surface area contributed by atoms with Crippen LogP contribution in [-0.4, -0.2) is 26.7 Å². The summed E-state index contributed by atoms with van der Waals surface area (Å²) in [5.41, 5.74) is 1.64. The lowest BCUT2D eigenvalue weighted by molar-refractivity contribution is -0.121. The molecule has 2 rings (SSSR count). The first-order valence-corrected chi connectivity index (χ1v) is 6.23. The number of carbonyl (C=O) groups excluding carboxylic acids is 1. The van der Waals surface area contributed by atoms with Gasteiger partial charge in [0.1, 0.15) is 5.76 Å². The first kappa shape index (κ1) is 13.3. The minimum absolute atomic E-state index is 0.0259. The molecule has 1 atom stereocenters. The van der Waals surface area contributed by atoms with Crippen LogP contribution in [0.2, 0.25) is 0 Å². The summed E-state index contributed by atoms with van der Waals surface area (Å²) in [6, 6.07) is 0.0437. The smallest absolute Gasteiger partial charge is 0.224 e. The number of nitrogens with one attached hydrogen (secondary N) is 1. The number of imidazole rings is 1. The van der Waals surface area contributed by atoms with E-state index in [1.807, 2.05) is 31.5 Å². The Morgan fingerprint density at radius 2 is 2.32 bits per heavy atom. The van der Waals surface area contributed by atoms with Gasteiger partial charge in [-0.15, -0.1) is 0 Å². The summed E-state index contributed by atoms with van der Waals surface area (Å²) in [5.74, 6) is 0.678. The second kappa shape index (κ2) is 5.69. The fourth-order valence-electron chi connectivity index (χ4n) is 2.00. The summed E-state index contributed by atoms with van der Waals surface area (Å²) in [6.07, 6.45) is 5.63. The summed E-state index contributed by atoms with van der Waals surface area (Å²) in [4.78, 5) is 15.9. The molecule has 6 nitrogen and oxygen atoms in total. The molecule has 0 spiro atoms. The Kier molecular flexibility index (Phi) is 3.99. The van der Waals surface area contributed by atoms with Crippen molar-refractivity contribution in [3.8, 4) is 0 Å². The molecule has 0 aliphatic carbocycles. The van der Waals surface area contributed by atoms with Crippen molar-refractivity contribution in [3.63, 3.8) is 0 Å². The monoisotopic (exact) mass is 262 g/mol. The molecule has 0 saturated carbocycles. The van der Waals surface area contributed by atoms with E-state index in [9.17, 15) is 4.79 Å². The zero-order valence-corrected chi connectivity index (χ0v) is 11.4. The summed E-state index contributed by atoms with van der Waals surface area (Å²) >= 11 is 0. The van der Waals surface area contributed by atoms with E-state index in [1.165, 1.54) is 0 Å². The second-order valence-electron chi connectivity index (χ2n) is 4.71. The summed E-state index contributed by atoms with van der Waals surface area (Å²) < 4.78 is 6.98. The molecule has 0 aliphatic heterocycles. The standard InChI is InChI=1S/C13H18N4O2/c1-9(7-17-5-4-14-8-17)15-13(18)6-12-10(2)16-19-11(12)3/h4-5,8-9H,6-7H2,1-3H3,(H,15,18). The topological polar surface area (TPSA) is 73.0 Å². The average molecular weight is 262 g/mol.